The van der Waals surface area contributed by atoms with Crippen LogP contribution in [0.2, 0.25) is 0 Å². The minimum absolute atomic E-state index is 0.250. The van der Waals surface area contributed by atoms with Crippen LogP contribution in [0.3, 0.4) is 0 Å². The van der Waals surface area contributed by atoms with Gasteiger partial charge in [-0.1, -0.05) is 35.0 Å². The van der Waals surface area contributed by atoms with E-state index < -0.39 is 5.54 Å². The summed E-state index contributed by atoms with van der Waals surface area (Å²) in [6, 6.07) is 7.69. The summed E-state index contributed by atoms with van der Waals surface area (Å²) in [5, 5.41) is 3.19. The average molecular weight is 300 g/mol. The van der Waals surface area contributed by atoms with Crippen LogP contribution in [0.25, 0.3) is 0 Å². The Balaban J connectivity index is 3.10. The van der Waals surface area contributed by atoms with Crippen molar-refractivity contribution in [3.63, 3.8) is 0 Å². The van der Waals surface area contributed by atoms with E-state index in [9.17, 15) is 4.79 Å². The first kappa shape index (κ1) is 14.2. The SMILES string of the molecule is CCNC(C)(C(=O)OCC)c1cccc(Br)c1. The van der Waals surface area contributed by atoms with E-state index >= 15 is 0 Å². The number of likely N-dealkylation sites (N-methyl/N-ethyl adjacent to an activating group) is 1. The Morgan fingerprint density at radius 1 is 1.47 bits per heavy atom. The predicted molar refractivity (Wildman–Crippen MR) is 71.8 cm³/mol. The fraction of sp³-hybridized carbons (Fsp3) is 0.462. The van der Waals surface area contributed by atoms with Crippen LogP contribution in [0.1, 0.15) is 26.3 Å². The van der Waals surface area contributed by atoms with Crippen LogP contribution in [-0.2, 0) is 15.1 Å². The summed E-state index contributed by atoms with van der Waals surface area (Å²) < 4.78 is 6.08. The lowest BCUT2D eigenvalue weighted by Gasteiger charge is -2.28. The summed E-state index contributed by atoms with van der Waals surface area (Å²) in [4.78, 5) is 12.1. The summed E-state index contributed by atoms with van der Waals surface area (Å²) in [5.74, 6) is -0.250. The number of rotatable bonds is 5. The second-order valence-corrected chi connectivity index (χ2v) is 4.80. The second-order valence-electron chi connectivity index (χ2n) is 3.89. The lowest BCUT2D eigenvalue weighted by molar-refractivity contribution is -0.151. The molecular weight excluding hydrogens is 282 g/mol. The van der Waals surface area contributed by atoms with Crippen molar-refractivity contribution in [2.24, 2.45) is 0 Å². The number of ether oxygens (including phenoxy) is 1. The van der Waals surface area contributed by atoms with Crippen molar-refractivity contribution in [2.45, 2.75) is 26.3 Å². The number of hydrogen-bond donors (Lipinski definition) is 1. The van der Waals surface area contributed by atoms with Gasteiger partial charge in [0.2, 0.25) is 0 Å². The van der Waals surface area contributed by atoms with Crippen LogP contribution < -0.4 is 5.32 Å². The summed E-state index contributed by atoms with van der Waals surface area (Å²) in [5.41, 5.74) is 0.0984. The third kappa shape index (κ3) is 3.30. The standard InChI is InChI=1S/C13H18BrNO2/c1-4-15-13(3,12(16)17-5-2)10-7-6-8-11(14)9-10/h6-9,15H,4-5H2,1-3H3. The Morgan fingerprint density at radius 3 is 2.71 bits per heavy atom. The molecule has 1 aromatic rings. The molecule has 94 valence electrons. The molecule has 0 aromatic heterocycles. The summed E-state index contributed by atoms with van der Waals surface area (Å²) in [7, 11) is 0. The number of hydrogen-bond acceptors (Lipinski definition) is 3. The van der Waals surface area contributed by atoms with Gasteiger partial charge in [-0.3, -0.25) is 5.32 Å². The van der Waals surface area contributed by atoms with Gasteiger partial charge in [-0.05, 0) is 38.1 Å². The molecular formula is C13H18BrNO2. The van der Waals surface area contributed by atoms with E-state index in [4.69, 9.17) is 4.74 Å². The van der Waals surface area contributed by atoms with E-state index in [1.807, 2.05) is 45.0 Å². The molecule has 0 aliphatic carbocycles. The maximum atomic E-state index is 12.1. The molecule has 1 atom stereocenters. The molecule has 0 bridgehead atoms. The van der Waals surface area contributed by atoms with Gasteiger partial charge < -0.3 is 4.74 Å². The molecule has 1 aromatic carbocycles. The highest BCUT2D eigenvalue weighted by Crippen LogP contribution is 2.25. The molecule has 0 aliphatic rings. The van der Waals surface area contributed by atoms with Crippen LogP contribution in [-0.4, -0.2) is 19.1 Å². The molecule has 0 radical (unpaired) electrons. The van der Waals surface area contributed by atoms with Crippen molar-refractivity contribution in [1.29, 1.82) is 0 Å². The topological polar surface area (TPSA) is 38.3 Å². The molecule has 0 spiro atoms. The second kappa shape index (κ2) is 6.17. The van der Waals surface area contributed by atoms with Crippen LogP contribution in [0, 0.1) is 0 Å². The van der Waals surface area contributed by atoms with Gasteiger partial charge in [0.05, 0.1) is 6.61 Å². The van der Waals surface area contributed by atoms with E-state index in [1.54, 1.807) is 0 Å². The molecule has 1 N–H and O–H groups in total. The van der Waals surface area contributed by atoms with Crippen LogP contribution in [0.4, 0.5) is 0 Å². The van der Waals surface area contributed by atoms with Crippen molar-refractivity contribution in [1.82, 2.24) is 5.32 Å². The fourth-order valence-corrected chi connectivity index (χ4v) is 2.12. The molecule has 1 unspecified atom stereocenters. The van der Waals surface area contributed by atoms with Crippen molar-refractivity contribution in [2.75, 3.05) is 13.2 Å². The van der Waals surface area contributed by atoms with Crippen molar-refractivity contribution >= 4 is 21.9 Å². The lowest BCUT2D eigenvalue weighted by Crippen LogP contribution is -2.47. The average Bonchev–Trinajstić information content (AvgIpc) is 2.29. The molecule has 17 heavy (non-hydrogen) atoms. The molecule has 0 heterocycles. The number of carbonyl (C=O) groups is 1. The molecule has 0 saturated carbocycles. The van der Waals surface area contributed by atoms with Crippen molar-refractivity contribution in [3.05, 3.63) is 34.3 Å². The van der Waals surface area contributed by atoms with Gasteiger partial charge in [0.25, 0.3) is 0 Å². The summed E-state index contributed by atoms with van der Waals surface area (Å²) in [6.45, 7) is 6.70. The number of halogens is 1. The van der Waals surface area contributed by atoms with Crippen LogP contribution in [0.15, 0.2) is 28.7 Å². The zero-order valence-corrected chi connectivity index (χ0v) is 12.0. The zero-order valence-electron chi connectivity index (χ0n) is 10.4. The third-order valence-corrected chi connectivity index (χ3v) is 3.11. The monoisotopic (exact) mass is 299 g/mol. The van der Waals surface area contributed by atoms with E-state index in [0.29, 0.717) is 13.2 Å². The maximum Gasteiger partial charge on any atom is 0.330 e. The van der Waals surface area contributed by atoms with E-state index in [1.165, 1.54) is 0 Å². The molecule has 0 aliphatic heterocycles. The highest BCUT2D eigenvalue weighted by Gasteiger charge is 2.35. The Morgan fingerprint density at radius 2 is 2.18 bits per heavy atom. The Bertz CT molecular complexity index is 395. The first-order valence-electron chi connectivity index (χ1n) is 5.73. The van der Waals surface area contributed by atoms with E-state index in [0.717, 1.165) is 10.0 Å². The lowest BCUT2D eigenvalue weighted by atomic mass is 9.92. The smallest absolute Gasteiger partial charge is 0.330 e. The first-order chi connectivity index (χ1) is 8.04. The number of benzene rings is 1. The van der Waals surface area contributed by atoms with Crippen molar-refractivity contribution in [3.8, 4) is 0 Å². The molecule has 0 fully saturated rings. The van der Waals surface area contributed by atoms with Gasteiger partial charge in [-0.15, -0.1) is 0 Å². The summed E-state index contributed by atoms with van der Waals surface area (Å²) >= 11 is 3.41. The normalized spacial score (nSPS) is 14.1. The molecule has 4 heteroatoms. The van der Waals surface area contributed by atoms with Gasteiger partial charge in [-0.2, -0.15) is 0 Å². The van der Waals surface area contributed by atoms with Crippen LogP contribution in [0.5, 0.6) is 0 Å². The predicted octanol–water partition coefficient (Wildman–Crippen LogP) is 2.84. The Kier molecular flexibility index (Phi) is 5.15. The van der Waals surface area contributed by atoms with Gasteiger partial charge >= 0.3 is 5.97 Å². The van der Waals surface area contributed by atoms with E-state index in [2.05, 4.69) is 21.2 Å². The number of carbonyl (C=O) groups excluding carboxylic acids is 1. The zero-order chi connectivity index (χ0) is 12.9. The minimum atomic E-state index is -0.797. The quantitative estimate of drug-likeness (QED) is 0.850. The maximum absolute atomic E-state index is 12.1. The van der Waals surface area contributed by atoms with Gasteiger partial charge in [-0.25, -0.2) is 4.79 Å². The van der Waals surface area contributed by atoms with Gasteiger partial charge in [0, 0.05) is 4.47 Å². The Labute approximate surface area is 111 Å². The highest BCUT2D eigenvalue weighted by atomic mass is 79.9. The highest BCUT2D eigenvalue weighted by molar-refractivity contribution is 9.10. The van der Waals surface area contributed by atoms with Crippen LogP contribution >= 0.6 is 15.9 Å². The molecule has 3 nitrogen and oxygen atoms in total. The van der Waals surface area contributed by atoms with E-state index in [-0.39, 0.29) is 5.97 Å². The minimum Gasteiger partial charge on any atom is -0.464 e. The largest absolute Gasteiger partial charge is 0.464 e. The number of nitrogens with one attached hydrogen (secondary N) is 1. The molecule has 1 rings (SSSR count). The Hall–Kier alpha value is -0.870. The van der Waals surface area contributed by atoms with Gasteiger partial charge in [0.1, 0.15) is 5.54 Å². The molecule has 0 amide bonds. The van der Waals surface area contributed by atoms with Crippen molar-refractivity contribution < 1.29 is 9.53 Å². The number of esters is 1. The first-order valence-corrected chi connectivity index (χ1v) is 6.52. The van der Waals surface area contributed by atoms with Gasteiger partial charge in [0.15, 0.2) is 0 Å². The summed E-state index contributed by atoms with van der Waals surface area (Å²) in [6.07, 6.45) is 0. The third-order valence-electron chi connectivity index (χ3n) is 2.62. The molecule has 0 saturated heterocycles. The fourth-order valence-electron chi connectivity index (χ4n) is 1.72.